The third-order valence-corrected chi connectivity index (χ3v) is 4.67. The summed E-state index contributed by atoms with van der Waals surface area (Å²) in [5.74, 6) is -0.294. The Bertz CT molecular complexity index is 480. The smallest absolute Gasteiger partial charge is 0.230 e. The van der Waals surface area contributed by atoms with E-state index in [9.17, 15) is 9.90 Å². The highest BCUT2D eigenvalue weighted by atomic mass is 16.3. The third kappa shape index (κ3) is 3.38. The van der Waals surface area contributed by atoms with Crippen LogP contribution in [0.25, 0.3) is 0 Å². The number of carbonyl (C=O) groups excluding carboxylic acids is 1. The summed E-state index contributed by atoms with van der Waals surface area (Å²) < 4.78 is 0. The fourth-order valence-electron chi connectivity index (χ4n) is 3.39. The number of hydrogen-bond donors (Lipinski definition) is 2. The number of nitrogens with one attached hydrogen (secondary N) is 1. The molecule has 2 aliphatic rings. The number of carbonyl (C=O) groups is 1. The van der Waals surface area contributed by atoms with Crippen molar-refractivity contribution in [2.75, 3.05) is 23.3 Å². The van der Waals surface area contributed by atoms with Crippen LogP contribution in [0.4, 0.5) is 11.4 Å². The minimum absolute atomic E-state index is 0.0503. The SMILES string of the molecule is O=C(Nc1ccc(N2CCCCC2)cc1)C1CCCC1O. The zero-order valence-corrected chi connectivity index (χ0v) is 12.4. The molecular weight excluding hydrogens is 264 g/mol. The van der Waals surface area contributed by atoms with Crippen molar-refractivity contribution in [3.05, 3.63) is 24.3 Å². The van der Waals surface area contributed by atoms with Gasteiger partial charge >= 0.3 is 0 Å². The molecule has 1 heterocycles. The average molecular weight is 288 g/mol. The number of anilines is 2. The van der Waals surface area contributed by atoms with E-state index < -0.39 is 6.10 Å². The fraction of sp³-hybridized carbons (Fsp3) is 0.588. The van der Waals surface area contributed by atoms with Crippen molar-refractivity contribution in [1.29, 1.82) is 0 Å². The van der Waals surface area contributed by atoms with Crippen molar-refractivity contribution >= 4 is 17.3 Å². The lowest BCUT2D eigenvalue weighted by molar-refractivity contribution is -0.122. The van der Waals surface area contributed by atoms with Gasteiger partial charge in [-0.15, -0.1) is 0 Å². The lowest BCUT2D eigenvalue weighted by Gasteiger charge is -2.28. The van der Waals surface area contributed by atoms with E-state index in [-0.39, 0.29) is 11.8 Å². The molecule has 114 valence electrons. The molecule has 0 spiro atoms. The van der Waals surface area contributed by atoms with E-state index in [0.717, 1.165) is 38.0 Å². The first-order valence-corrected chi connectivity index (χ1v) is 8.08. The Morgan fingerprint density at radius 3 is 2.38 bits per heavy atom. The molecule has 0 aromatic heterocycles. The number of benzene rings is 1. The average Bonchev–Trinajstić information content (AvgIpc) is 2.95. The van der Waals surface area contributed by atoms with Gasteiger partial charge in [-0.3, -0.25) is 4.79 Å². The third-order valence-electron chi connectivity index (χ3n) is 4.67. The lowest BCUT2D eigenvalue weighted by Crippen LogP contribution is -2.29. The van der Waals surface area contributed by atoms with Crippen LogP contribution in [0.3, 0.4) is 0 Å². The summed E-state index contributed by atoms with van der Waals surface area (Å²) in [6.45, 7) is 2.25. The minimum Gasteiger partial charge on any atom is -0.392 e. The maximum atomic E-state index is 12.1. The fourth-order valence-corrected chi connectivity index (χ4v) is 3.39. The van der Waals surface area contributed by atoms with Crippen LogP contribution in [0, 0.1) is 5.92 Å². The monoisotopic (exact) mass is 288 g/mol. The Balaban J connectivity index is 1.60. The van der Waals surface area contributed by atoms with E-state index in [4.69, 9.17) is 0 Å². The Morgan fingerprint density at radius 2 is 1.76 bits per heavy atom. The Morgan fingerprint density at radius 1 is 1.05 bits per heavy atom. The molecule has 1 saturated carbocycles. The standard InChI is InChI=1S/C17H24N2O2/c20-16-6-4-5-15(16)17(21)18-13-7-9-14(10-8-13)19-11-2-1-3-12-19/h7-10,15-16,20H,1-6,11-12H2,(H,18,21). The Labute approximate surface area is 126 Å². The summed E-state index contributed by atoms with van der Waals surface area (Å²) in [4.78, 5) is 14.5. The van der Waals surface area contributed by atoms with Gasteiger partial charge in [-0.05, 0) is 62.8 Å². The normalized spacial score (nSPS) is 25.9. The molecule has 1 aliphatic heterocycles. The number of hydrogen-bond acceptors (Lipinski definition) is 3. The molecule has 2 unspecified atom stereocenters. The Kier molecular flexibility index (Phi) is 4.44. The van der Waals surface area contributed by atoms with Crippen LogP contribution in [0.15, 0.2) is 24.3 Å². The first-order valence-electron chi connectivity index (χ1n) is 8.08. The van der Waals surface area contributed by atoms with Crippen LogP contribution in [0.2, 0.25) is 0 Å². The highest BCUT2D eigenvalue weighted by molar-refractivity contribution is 5.93. The van der Waals surface area contributed by atoms with Crippen molar-refractivity contribution in [2.24, 2.45) is 5.92 Å². The molecule has 1 aromatic carbocycles. The number of rotatable bonds is 3. The van der Waals surface area contributed by atoms with Crippen LogP contribution >= 0.6 is 0 Å². The first-order chi connectivity index (χ1) is 10.2. The van der Waals surface area contributed by atoms with Gasteiger partial charge in [0.25, 0.3) is 0 Å². The molecule has 2 atom stereocenters. The number of aliphatic hydroxyl groups is 1. The summed E-state index contributed by atoms with van der Waals surface area (Å²) in [6.07, 6.45) is 5.85. The summed E-state index contributed by atoms with van der Waals surface area (Å²) in [5, 5.41) is 12.7. The molecule has 0 bridgehead atoms. The van der Waals surface area contributed by atoms with Gasteiger partial charge < -0.3 is 15.3 Å². The molecule has 1 aliphatic carbocycles. The summed E-state index contributed by atoms with van der Waals surface area (Å²) >= 11 is 0. The van der Waals surface area contributed by atoms with Gasteiger partial charge in [-0.1, -0.05) is 0 Å². The second kappa shape index (κ2) is 6.48. The second-order valence-electron chi connectivity index (χ2n) is 6.19. The van der Waals surface area contributed by atoms with Crippen molar-refractivity contribution in [2.45, 2.75) is 44.6 Å². The highest BCUT2D eigenvalue weighted by Gasteiger charge is 2.31. The molecule has 1 saturated heterocycles. The molecule has 3 rings (SSSR count). The summed E-state index contributed by atoms with van der Waals surface area (Å²) in [6, 6.07) is 8.07. The number of piperidine rings is 1. The molecule has 4 heteroatoms. The van der Waals surface area contributed by atoms with E-state index >= 15 is 0 Å². The van der Waals surface area contributed by atoms with Gasteiger partial charge in [0.2, 0.25) is 5.91 Å². The van der Waals surface area contributed by atoms with Gasteiger partial charge in [0.05, 0.1) is 12.0 Å². The molecule has 4 nitrogen and oxygen atoms in total. The summed E-state index contributed by atoms with van der Waals surface area (Å²) in [7, 11) is 0. The van der Waals surface area contributed by atoms with E-state index in [1.807, 2.05) is 12.1 Å². The largest absolute Gasteiger partial charge is 0.392 e. The predicted molar refractivity (Wildman–Crippen MR) is 84.5 cm³/mol. The molecule has 0 radical (unpaired) electrons. The molecule has 2 fully saturated rings. The quantitative estimate of drug-likeness (QED) is 0.899. The van der Waals surface area contributed by atoms with Crippen LogP contribution in [-0.4, -0.2) is 30.2 Å². The van der Waals surface area contributed by atoms with Crippen molar-refractivity contribution in [1.82, 2.24) is 0 Å². The maximum absolute atomic E-state index is 12.1. The minimum atomic E-state index is -0.474. The zero-order valence-electron chi connectivity index (χ0n) is 12.4. The number of nitrogens with zero attached hydrogens (tertiary/aromatic N) is 1. The van der Waals surface area contributed by atoms with Gasteiger partial charge in [0.1, 0.15) is 0 Å². The highest BCUT2D eigenvalue weighted by Crippen LogP contribution is 2.27. The number of aliphatic hydroxyl groups excluding tert-OH is 1. The van der Waals surface area contributed by atoms with E-state index in [1.54, 1.807) is 0 Å². The van der Waals surface area contributed by atoms with Crippen LogP contribution in [-0.2, 0) is 4.79 Å². The lowest BCUT2D eigenvalue weighted by atomic mass is 10.1. The molecule has 21 heavy (non-hydrogen) atoms. The van der Waals surface area contributed by atoms with E-state index in [2.05, 4.69) is 22.3 Å². The van der Waals surface area contributed by atoms with Crippen LogP contribution in [0.1, 0.15) is 38.5 Å². The van der Waals surface area contributed by atoms with Gasteiger partial charge in [-0.2, -0.15) is 0 Å². The topological polar surface area (TPSA) is 52.6 Å². The van der Waals surface area contributed by atoms with Crippen LogP contribution < -0.4 is 10.2 Å². The molecule has 1 aromatic rings. The van der Waals surface area contributed by atoms with E-state index in [0.29, 0.717) is 0 Å². The molecular formula is C17H24N2O2. The Hall–Kier alpha value is -1.55. The van der Waals surface area contributed by atoms with Gasteiger partial charge in [0, 0.05) is 24.5 Å². The van der Waals surface area contributed by atoms with Gasteiger partial charge in [0.15, 0.2) is 0 Å². The van der Waals surface area contributed by atoms with Gasteiger partial charge in [-0.25, -0.2) is 0 Å². The molecule has 2 N–H and O–H groups in total. The zero-order chi connectivity index (χ0) is 14.7. The first kappa shape index (κ1) is 14.4. The second-order valence-corrected chi connectivity index (χ2v) is 6.19. The molecule has 1 amide bonds. The predicted octanol–water partition coefficient (Wildman–Crippen LogP) is 2.78. The summed E-state index contributed by atoms with van der Waals surface area (Å²) in [5.41, 5.74) is 2.05. The maximum Gasteiger partial charge on any atom is 0.230 e. The number of amides is 1. The van der Waals surface area contributed by atoms with Crippen molar-refractivity contribution in [3.63, 3.8) is 0 Å². The van der Waals surface area contributed by atoms with E-state index in [1.165, 1.54) is 24.9 Å². The van der Waals surface area contributed by atoms with Crippen LogP contribution in [0.5, 0.6) is 0 Å². The van der Waals surface area contributed by atoms with Crippen molar-refractivity contribution in [3.8, 4) is 0 Å². The van der Waals surface area contributed by atoms with Crippen molar-refractivity contribution < 1.29 is 9.90 Å².